The maximum atomic E-state index is 6.03. The highest BCUT2D eigenvalue weighted by Gasteiger charge is 2.06. The van der Waals surface area contributed by atoms with E-state index >= 15 is 0 Å². The van der Waals surface area contributed by atoms with Crippen molar-refractivity contribution in [2.24, 2.45) is 0 Å². The lowest BCUT2D eigenvalue weighted by Crippen LogP contribution is -2.28. The maximum Gasteiger partial charge on any atom is 0.138 e. The van der Waals surface area contributed by atoms with Gasteiger partial charge in [-0.2, -0.15) is 0 Å². The van der Waals surface area contributed by atoms with Gasteiger partial charge in [0, 0.05) is 6.54 Å². The van der Waals surface area contributed by atoms with E-state index in [1.807, 2.05) is 32.0 Å². The SMILES string of the molecule is CCNCC(C)Oc1cc(C)ccc1Cl. The van der Waals surface area contributed by atoms with Gasteiger partial charge >= 0.3 is 0 Å². The Morgan fingerprint density at radius 1 is 1.47 bits per heavy atom. The lowest BCUT2D eigenvalue weighted by molar-refractivity contribution is 0.218. The summed E-state index contributed by atoms with van der Waals surface area (Å²) in [5, 5.41) is 3.90. The fraction of sp³-hybridized carbons (Fsp3) is 0.500. The first-order valence-electron chi connectivity index (χ1n) is 5.27. The minimum absolute atomic E-state index is 0.129. The van der Waals surface area contributed by atoms with Gasteiger partial charge in [0.25, 0.3) is 0 Å². The lowest BCUT2D eigenvalue weighted by Gasteiger charge is -2.16. The number of rotatable bonds is 5. The van der Waals surface area contributed by atoms with E-state index in [4.69, 9.17) is 16.3 Å². The predicted octanol–water partition coefficient (Wildman–Crippen LogP) is 3.03. The van der Waals surface area contributed by atoms with E-state index in [9.17, 15) is 0 Å². The highest BCUT2D eigenvalue weighted by Crippen LogP contribution is 2.25. The highest BCUT2D eigenvalue weighted by molar-refractivity contribution is 6.32. The van der Waals surface area contributed by atoms with Crippen molar-refractivity contribution in [1.29, 1.82) is 0 Å². The van der Waals surface area contributed by atoms with Gasteiger partial charge in [0.05, 0.1) is 5.02 Å². The number of ether oxygens (including phenoxy) is 1. The van der Waals surface area contributed by atoms with E-state index in [0.29, 0.717) is 5.02 Å². The van der Waals surface area contributed by atoms with Gasteiger partial charge in [0.2, 0.25) is 0 Å². The zero-order valence-electron chi connectivity index (χ0n) is 9.51. The first kappa shape index (κ1) is 12.3. The van der Waals surface area contributed by atoms with Crippen LogP contribution in [-0.4, -0.2) is 19.2 Å². The van der Waals surface area contributed by atoms with Crippen molar-refractivity contribution in [2.45, 2.75) is 26.9 Å². The summed E-state index contributed by atoms with van der Waals surface area (Å²) in [6, 6.07) is 5.81. The van der Waals surface area contributed by atoms with E-state index in [0.717, 1.165) is 24.4 Å². The Morgan fingerprint density at radius 3 is 2.87 bits per heavy atom. The standard InChI is InChI=1S/C12H18ClNO/c1-4-14-8-10(3)15-12-7-9(2)5-6-11(12)13/h5-7,10,14H,4,8H2,1-3H3. The van der Waals surface area contributed by atoms with Crippen LogP contribution in [0.5, 0.6) is 5.75 Å². The van der Waals surface area contributed by atoms with Crippen molar-refractivity contribution in [1.82, 2.24) is 5.32 Å². The number of hydrogen-bond donors (Lipinski definition) is 1. The molecule has 1 aromatic rings. The summed E-state index contributed by atoms with van der Waals surface area (Å²) >= 11 is 6.03. The third kappa shape index (κ3) is 4.10. The number of hydrogen-bond acceptors (Lipinski definition) is 2. The van der Waals surface area contributed by atoms with Gasteiger partial charge < -0.3 is 10.1 Å². The van der Waals surface area contributed by atoms with Crippen molar-refractivity contribution in [2.75, 3.05) is 13.1 Å². The zero-order valence-corrected chi connectivity index (χ0v) is 10.3. The Balaban J connectivity index is 2.59. The molecule has 0 radical (unpaired) electrons. The Morgan fingerprint density at radius 2 is 2.20 bits per heavy atom. The molecule has 3 heteroatoms. The molecule has 15 heavy (non-hydrogen) atoms. The topological polar surface area (TPSA) is 21.3 Å². The first-order valence-corrected chi connectivity index (χ1v) is 5.64. The molecule has 0 aliphatic heterocycles. The summed E-state index contributed by atoms with van der Waals surface area (Å²) in [5.41, 5.74) is 1.16. The molecular formula is C12H18ClNO. The van der Waals surface area contributed by atoms with Gasteiger partial charge in [0.15, 0.2) is 0 Å². The third-order valence-corrected chi connectivity index (χ3v) is 2.41. The van der Waals surface area contributed by atoms with Crippen LogP contribution in [0.1, 0.15) is 19.4 Å². The summed E-state index contributed by atoms with van der Waals surface area (Å²) in [4.78, 5) is 0. The Kier molecular flexibility index (Phi) is 4.92. The van der Waals surface area contributed by atoms with Crippen molar-refractivity contribution in [3.05, 3.63) is 28.8 Å². The van der Waals surface area contributed by atoms with Crippen molar-refractivity contribution in [3.63, 3.8) is 0 Å². The minimum Gasteiger partial charge on any atom is -0.488 e. The van der Waals surface area contributed by atoms with Gasteiger partial charge in [-0.25, -0.2) is 0 Å². The molecule has 2 nitrogen and oxygen atoms in total. The Bertz CT molecular complexity index is 314. The fourth-order valence-electron chi connectivity index (χ4n) is 1.31. The summed E-state index contributed by atoms with van der Waals surface area (Å²) < 4.78 is 5.73. The molecule has 0 aliphatic carbocycles. The summed E-state index contributed by atoms with van der Waals surface area (Å²) in [5.74, 6) is 0.766. The van der Waals surface area contributed by atoms with Gasteiger partial charge in [-0.05, 0) is 38.1 Å². The molecule has 0 bridgehead atoms. The molecule has 0 saturated heterocycles. The van der Waals surface area contributed by atoms with E-state index in [1.165, 1.54) is 0 Å². The average molecular weight is 228 g/mol. The number of aryl methyl sites for hydroxylation is 1. The molecule has 1 N–H and O–H groups in total. The molecular weight excluding hydrogens is 210 g/mol. The van der Waals surface area contributed by atoms with Crippen LogP contribution in [0.15, 0.2) is 18.2 Å². The van der Waals surface area contributed by atoms with Crippen molar-refractivity contribution < 1.29 is 4.74 Å². The smallest absolute Gasteiger partial charge is 0.138 e. The molecule has 1 atom stereocenters. The average Bonchev–Trinajstić information content (AvgIpc) is 2.20. The maximum absolute atomic E-state index is 6.03. The van der Waals surface area contributed by atoms with E-state index in [-0.39, 0.29) is 6.10 Å². The van der Waals surface area contributed by atoms with Gasteiger partial charge in [0.1, 0.15) is 11.9 Å². The number of benzene rings is 1. The molecule has 0 spiro atoms. The quantitative estimate of drug-likeness (QED) is 0.835. The highest BCUT2D eigenvalue weighted by atomic mass is 35.5. The summed E-state index contributed by atoms with van der Waals surface area (Å²) in [7, 11) is 0. The van der Waals surface area contributed by atoms with Crippen LogP contribution in [-0.2, 0) is 0 Å². The molecule has 0 saturated carbocycles. The first-order chi connectivity index (χ1) is 7.13. The van der Waals surface area contributed by atoms with Crippen LogP contribution in [0.25, 0.3) is 0 Å². The lowest BCUT2D eigenvalue weighted by atomic mass is 10.2. The second-order valence-electron chi connectivity index (χ2n) is 3.67. The molecule has 0 aromatic heterocycles. The molecule has 0 aliphatic rings. The van der Waals surface area contributed by atoms with Crippen molar-refractivity contribution in [3.8, 4) is 5.75 Å². The summed E-state index contributed by atoms with van der Waals surface area (Å²) in [6.07, 6.45) is 0.129. The van der Waals surface area contributed by atoms with Gasteiger partial charge in [-0.1, -0.05) is 24.6 Å². The Hall–Kier alpha value is -0.730. The van der Waals surface area contributed by atoms with Crippen LogP contribution < -0.4 is 10.1 Å². The minimum atomic E-state index is 0.129. The van der Waals surface area contributed by atoms with Crippen molar-refractivity contribution >= 4 is 11.6 Å². The third-order valence-electron chi connectivity index (χ3n) is 2.10. The Labute approximate surface area is 96.6 Å². The van der Waals surface area contributed by atoms with E-state index < -0.39 is 0 Å². The summed E-state index contributed by atoms with van der Waals surface area (Å²) in [6.45, 7) is 7.92. The van der Waals surface area contributed by atoms with E-state index in [1.54, 1.807) is 0 Å². The molecule has 0 amide bonds. The zero-order chi connectivity index (χ0) is 11.3. The normalized spacial score (nSPS) is 12.5. The molecule has 1 unspecified atom stereocenters. The molecule has 1 aromatic carbocycles. The monoisotopic (exact) mass is 227 g/mol. The largest absolute Gasteiger partial charge is 0.488 e. The molecule has 0 heterocycles. The number of likely N-dealkylation sites (N-methyl/N-ethyl adjacent to an activating group) is 1. The fourth-order valence-corrected chi connectivity index (χ4v) is 1.47. The number of nitrogens with one attached hydrogen (secondary N) is 1. The van der Waals surface area contributed by atoms with Crippen LogP contribution in [0.3, 0.4) is 0 Å². The second kappa shape index (κ2) is 5.99. The van der Waals surface area contributed by atoms with Crippen LogP contribution >= 0.6 is 11.6 Å². The van der Waals surface area contributed by atoms with Gasteiger partial charge in [-0.3, -0.25) is 0 Å². The molecule has 0 fully saturated rings. The van der Waals surface area contributed by atoms with Crippen LogP contribution in [0.2, 0.25) is 5.02 Å². The van der Waals surface area contributed by atoms with Crippen LogP contribution in [0.4, 0.5) is 0 Å². The van der Waals surface area contributed by atoms with E-state index in [2.05, 4.69) is 12.2 Å². The molecule has 84 valence electrons. The second-order valence-corrected chi connectivity index (χ2v) is 4.08. The molecule has 1 rings (SSSR count). The van der Waals surface area contributed by atoms with Gasteiger partial charge in [-0.15, -0.1) is 0 Å². The van der Waals surface area contributed by atoms with Crippen LogP contribution in [0, 0.1) is 6.92 Å². The predicted molar refractivity (Wildman–Crippen MR) is 64.8 cm³/mol. The number of halogens is 1.